The maximum Gasteiger partial charge on any atom is 0.505 e. The Morgan fingerprint density at radius 2 is 2.19 bits per heavy atom. The van der Waals surface area contributed by atoms with Crippen LogP contribution in [-0.4, -0.2) is 17.7 Å². The van der Waals surface area contributed by atoms with Crippen LogP contribution < -0.4 is 0 Å². The lowest BCUT2D eigenvalue weighted by molar-refractivity contribution is -0.137. The fourth-order valence-corrected chi connectivity index (χ4v) is 0.942. The molecule has 1 N–H and O–H groups in total. The lowest BCUT2D eigenvalue weighted by Crippen LogP contribution is -2.09. The van der Waals surface area contributed by atoms with Gasteiger partial charge in [-0.05, 0) is 12.8 Å². The van der Waals surface area contributed by atoms with Crippen molar-refractivity contribution in [2.75, 3.05) is 6.61 Å². The van der Waals surface area contributed by atoms with E-state index in [0.29, 0.717) is 0 Å². The Hall–Kier alpha value is -2.01. The van der Waals surface area contributed by atoms with E-state index in [1.807, 2.05) is 13.8 Å². The largest absolute Gasteiger partial charge is 0.505 e. The minimum absolute atomic E-state index is 0.0939. The Bertz CT molecular complexity index is 380. The zero-order valence-corrected chi connectivity index (χ0v) is 9.65. The monoisotopic (exact) mass is 223 g/mol. The van der Waals surface area contributed by atoms with Crippen molar-refractivity contribution in [1.29, 1.82) is 5.39 Å². The molecule has 0 spiro atoms. The Morgan fingerprint density at radius 1 is 1.56 bits per heavy atom. The molecule has 0 aliphatic carbocycles. The van der Waals surface area contributed by atoms with Gasteiger partial charge in [0, 0.05) is 6.42 Å². The number of carbonyl (C=O) groups is 1. The minimum Gasteiger partial charge on any atom is -0.505 e. The van der Waals surface area contributed by atoms with E-state index in [1.165, 1.54) is 0 Å². The highest BCUT2D eigenvalue weighted by atomic mass is 16.5. The van der Waals surface area contributed by atoms with E-state index < -0.39 is 11.7 Å². The van der Waals surface area contributed by atoms with Crippen LogP contribution in [0.5, 0.6) is 0 Å². The molecule has 16 heavy (non-hydrogen) atoms. The first-order valence-corrected chi connectivity index (χ1v) is 4.86. The summed E-state index contributed by atoms with van der Waals surface area (Å²) in [6, 6.07) is 0. The van der Waals surface area contributed by atoms with E-state index in [4.69, 9.17) is 5.39 Å². The highest BCUT2D eigenvalue weighted by molar-refractivity contribution is 5.90. The fourth-order valence-electron chi connectivity index (χ4n) is 0.942. The lowest BCUT2D eigenvalue weighted by Gasteiger charge is -2.00. The van der Waals surface area contributed by atoms with Crippen LogP contribution >= 0.6 is 0 Å². The van der Waals surface area contributed by atoms with Gasteiger partial charge in [-0.1, -0.05) is 19.8 Å². The highest BCUT2D eigenvalue weighted by Crippen LogP contribution is 2.14. The SMILES string of the molecule is CC#CCOC(=O)/C([N+]#N)=C(\O)CC(C)C. The van der Waals surface area contributed by atoms with Gasteiger partial charge in [0.15, 0.2) is 17.3 Å². The van der Waals surface area contributed by atoms with Crippen LogP contribution in [0.1, 0.15) is 27.2 Å². The van der Waals surface area contributed by atoms with E-state index in [9.17, 15) is 9.90 Å². The third-order valence-corrected chi connectivity index (χ3v) is 1.62. The molecule has 0 rings (SSSR count). The van der Waals surface area contributed by atoms with Crippen molar-refractivity contribution in [3.63, 3.8) is 0 Å². The van der Waals surface area contributed by atoms with Crippen LogP contribution in [-0.2, 0) is 9.53 Å². The van der Waals surface area contributed by atoms with Gasteiger partial charge in [0.05, 0.1) is 0 Å². The summed E-state index contributed by atoms with van der Waals surface area (Å²) in [5.74, 6) is 4.03. The molecule has 0 radical (unpaired) electrons. The number of carbonyl (C=O) groups excluding carboxylic acids is 1. The van der Waals surface area contributed by atoms with Gasteiger partial charge in [0.25, 0.3) is 0 Å². The molecule has 0 saturated heterocycles. The van der Waals surface area contributed by atoms with E-state index in [1.54, 1.807) is 6.92 Å². The summed E-state index contributed by atoms with van der Waals surface area (Å²) >= 11 is 0. The molecule has 0 atom stereocenters. The summed E-state index contributed by atoms with van der Waals surface area (Å²) in [5.41, 5.74) is -0.466. The molecule has 0 bridgehead atoms. The summed E-state index contributed by atoms with van der Waals surface area (Å²) in [6.45, 7) is 5.23. The normalized spacial score (nSPS) is 10.9. The molecule has 0 aromatic heterocycles. The van der Waals surface area contributed by atoms with E-state index in [0.717, 1.165) is 0 Å². The Balaban J connectivity index is 4.64. The molecule has 0 fully saturated rings. The van der Waals surface area contributed by atoms with Gasteiger partial charge >= 0.3 is 11.7 Å². The van der Waals surface area contributed by atoms with Gasteiger partial charge in [-0.2, -0.15) is 0 Å². The van der Waals surface area contributed by atoms with Gasteiger partial charge in [-0.15, -0.1) is 5.92 Å². The molecule has 0 amide bonds. The molecule has 0 saturated carbocycles. The summed E-state index contributed by atoms with van der Waals surface area (Å²) in [5, 5.41) is 18.1. The quantitative estimate of drug-likeness (QED) is 0.261. The zero-order chi connectivity index (χ0) is 12.6. The summed E-state index contributed by atoms with van der Waals surface area (Å²) in [7, 11) is 0. The van der Waals surface area contributed by atoms with E-state index in [-0.39, 0.29) is 24.7 Å². The van der Waals surface area contributed by atoms with Gasteiger partial charge in [-0.25, -0.2) is 4.79 Å². The molecule has 5 heteroatoms. The van der Waals surface area contributed by atoms with Crippen molar-refractivity contribution >= 4 is 5.97 Å². The second-order valence-corrected chi connectivity index (χ2v) is 3.50. The predicted molar refractivity (Wildman–Crippen MR) is 58.6 cm³/mol. The minimum atomic E-state index is -0.886. The van der Waals surface area contributed by atoms with Crippen molar-refractivity contribution in [2.45, 2.75) is 27.2 Å². The molecular formula is C11H15N2O3+. The fraction of sp³-hybridized carbons (Fsp3) is 0.545. The highest BCUT2D eigenvalue weighted by Gasteiger charge is 2.30. The molecule has 0 aromatic rings. The molecule has 0 aromatic carbocycles. The Labute approximate surface area is 94.7 Å². The molecule has 0 heterocycles. The maximum atomic E-state index is 11.3. The number of aliphatic hydroxyl groups excluding tert-OH is 1. The van der Waals surface area contributed by atoms with Crippen LogP contribution in [0.25, 0.3) is 4.98 Å². The van der Waals surface area contributed by atoms with Gasteiger partial charge in [-0.3, -0.25) is 0 Å². The first-order chi connectivity index (χ1) is 7.52. The smallest absolute Gasteiger partial charge is 0.505 e. The topological polar surface area (TPSA) is 74.7 Å². The number of hydrogen-bond acceptors (Lipinski definition) is 4. The number of nitrogens with zero attached hydrogens (tertiary/aromatic N) is 2. The summed E-state index contributed by atoms with van der Waals surface area (Å²) < 4.78 is 4.65. The number of ether oxygens (including phenoxy) is 1. The van der Waals surface area contributed by atoms with Gasteiger partial charge in [0.2, 0.25) is 5.39 Å². The van der Waals surface area contributed by atoms with Crippen LogP contribution in [0.15, 0.2) is 11.5 Å². The Morgan fingerprint density at radius 3 is 2.62 bits per heavy atom. The summed E-state index contributed by atoms with van der Waals surface area (Å²) in [4.78, 5) is 14.0. The second kappa shape index (κ2) is 7.30. The molecule has 0 unspecified atom stereocenters. The standard InChI is InChI=1S/C11H14N2O3/c1-4-5-6-16-11(15)10(13-12)9(14)7-8(2)3/h8H,6-7H2,1-3H3/p+1. The van der Waals surface area contributed by atoms with Crippen molar-refractivity contribution in [2.24, 2.45) is 5.92 Å². The van der Waals surface area contributed by atoms with Crippen molar-refractivity contribution in [1.82, 2.24) is 0 Å². The van der Waals surface area contributed by atoms with Gasteiger partial charge < -0.3 is 9.84 Å². The number of diazo groups is 1. The number of esters is 1. The summed E-state index contributed by atoms with van der Waals surface area (Å²) in [6.07, 6.45) is 0.244. The number of allylic oxidation sites excluding steroid dienone is 1. The molecule has 0 aliphatic rings. The van der Waals surface area contributed by atoms with E-state index >= 15 is 0 Å². The molecular weight excluding hydrogens is 208 g/mol. The Kier molecular flexibility index (Phi) is 6.39. The molecule has 5 nitrogen and oxygen atoms in total. The molecule has 0 aliphatic heterocycles. The average molecular weight is 223 g/mol. The lowest BCUT2D eigenvalue weighted by atomic mass is 10.1. The van der Waals surface area contributed by atoms with Gasteiger partial charge in [0.1, 0.15) is 0 Å². The van der Waals surface area contributed by atoms with Crippen LogP contribution in [0.4, 0.5) is 0 Å². The third-order valence-electron chi connectivity index (χ3n) is 1.62. The first kappa shape index (κ1) is 14.0. The molecule has 86 valence electrons. The van der Waals surface area contributed by atoms with E-state index in [2.05, 4.69) is 21.6 Å². The number of hydrogen-bond donors (Lipinski definition) is 1. The van der Waals surface area contributed by atoms with Crippen molar-refractivity contribution in [3.8, 4) is 11.8 Å². The van der Waals surface area contributed by atoms with Crippen molar-refractivity contribution in [3.05, 3.63) is 16.4 Å². The number of aliphatic hydroxyl groups is 1. The zero-order valence-electron chi connectivity index (χ0n) is 9.65. The predicted octanol–water partition coefficient (Wildman–Crippen LogP) is 2.22. The third kappa shape index (κ3) is 5.02. The van der Waals surface area contributed by atoms with Crippen LogP contribution in [0.2, 0.25) is 0 Å². The van der Waals surface area contributed by atoms with Crippen LogP contribution in [0, 0.1) is 23.2 Å². The average Bonchev–Trinajstić information content (AvgIpc) is 2.18. The van der Waals surface area contributed by atoms with Crippen LogP contribution in [0.3, 0.4) is 0 Å². The maximum absolute atomic E-state index is 11.3. The first-order valence-electron chi connectivity index (χ1n) is 4.86. The second-order valence-electron chi connectivity index (χ2n) is 3.50. The number of rotatable bonds is 4. The van der Waals surface area contributed by atoms with Crippen molar-refractivity contribution < 1.29 is 14.6 Å².